The van der Waals surface area contributed by atoms with Gasteiger partial charge in [0.05, 0.1) is 0 Å². The molecule has 3 heteroatoms. The minimum Gasteiger partial charge on any atom is -0.296 e. The van der Waals surface area contributed by atoms with Crippen molar-refractivity contribution < 1.29 is 4.79 Å². The Morgan fingerprint density at radius 2 is 1.95 bits per heavy atom. The molecule has 3 nitrogen and oxygen atoms in total. The number of pyridine rings is 1. The fourth-order valence-corrected chi connectivity index (χ4v) is 2.46. The quantitative estimate of drug-likeness (QED) is 0.797. The summed E-state index contributed by atoms with van der Waals surface area (Å²) >= 11 is 0. The number of amides is 1. The molecule has 3 rings (SSSR count). The van der Waals surface area contributed by atoms with Crippen LogP contribution in [0.2, 0.25) is 0 Å². The highest BCUT2D eigenvalue weighted by atomic mass is 16.2. The lowest BCUT2D eigenvalue weighted by Gasteiger charge is -2.15. The van der Waals surface area contributed by atoms with E-state index in [0.29, 0.717) is 13.0 Å². The Bertz CT molecular complexity index is 619. The van der Waals surface area contributed by atoms with E-state index in [1.165, 1.54) is 0 Å². The Labute approximate surface area is 118 Å². The van der Waals surface area contributed by atoms with E-state index < -0.39 is 0 Å². The van der Waals surface area contributed by atoms with Gasteiger partial charge >= 0.3 is 0 Å². The second-order valence-corrected chi connectivity index (χ2v) is 4.98. The molecule has 1 atom stereocenters. The highest BCUT2D eigenvalue weighted by Gasteiger charge is 2.29. The first kappa shape index (κ1) is 12.6. The first-order valence-electron chi connectivity index (χ1n) is 6.72. The third-order valence-corrected chi connectivity index (χ3v) is 3.62. The van der Waals surface area contributed by atoms with E-state index in [1.54, 1.807) is 4.90 Å². The molecule has 1 fully saturated rings. The van der Waals surface area contributed by atoms with E-state index in [-0.39, 0.29) is 11.8 Å². The topological polar surface area (TPSA) is 33.2 Å². The van der Waals surface area contributed by atoms with Crippen LogP contribution in [0.4, 0.5) is 5.82 Å². The fraction of sp³-hybridized carbons (Fsp3) is 0.176. The van der Waals surface area contributed by atoms with Crippen molar-refractivity contribution in [3.8, 4) is 11.1 Å². The molecule has 0 saturated carbocycles. The molecule has 0 radical (unpaired) electrons. The maximum absolute atomic E-state index is 11.9. The second kappa shape index (κ2) is 5.29. The maximum atomic E-state index is 11.9. The van der Waals surface area contributed by atoms with Crippen molar-refractivity contribution in [3.05, 3.63) is 61.3 Å². The monoisotopic (exact) mass is 264 g/mol. The molecule has 1 aromatic carbocycles. The Morgan fingerprint density at radius 3 is 2.55 bits per heavy atom. The number of anilines is 1. The van der Waals surface area contributed by atoms with Crippen molar-refractivity contribution in [2.45, 2.75) is 6.42 Å². The number of rotatable bonds is 3. The van der Waals surface area contributed by atoms with Gasteiger partial charge in [0, 0.05) is 30.6 Å². The van der Waals surface area contributed by atoms with Crippen LogP contribution in [0, 0.1) is 5.92 Å². The highest BCUT2D eigenvalue weighted by molar-refractivity contribution is 5.95. The Kier molecular flexibility index (Phi) is 3.33. The minimum absolute atomic E-state index is 0.120. The SMILES string of the molecule is C=CC1CC(=O)N(c2ccc(-c3ccccc3)cn2)C1. The number of hydrogen-bond donors (Lipinski definition) is 0. The lowest BCUT2D eigenvalue weighted by Crippen LogP contribution is -2.25. The van der Waals surface area contributed by atoms with Crippen molar-refractivity contribution in [1.29, 1.82) is 0 Å². The molecule has 0 spiro atoms. The zero-order valence-corrected chi connectivity index (χ0v) is 11.2. The molecule has 0 bridgehead atoms. The molecule has 1 amide bonds. The zero-order valence-electron chi connectivity index (χ0n) is 11.2. The Morgan fingerprint density at radius 1 is 1.15 bits per heavy atom. The molecule has 0 N–H and O–H groups in total. The fourth-order valence-electron chi connectivity index (χ4n) is 2.46. The molecular weight excluding hydrogens is 248 g/mol. The summed E-state index contributed by atoms with van der Waals surface area (Å²) in [5.74, 6) is 1.08. The van der Waals surface area contributed by atoms with Crippen LogP contribution in [-0.4, -0.2) is 17.4 Å². The lowest BCUT2D eigenvalue weighted by atomic mass is 10.1. The highest BCUT2D eigenvalue weighted by Crippen LogP contribution is 2.26. The van der Waals surface area contributed by atoms with Gasteiger partial charge in [0.2, 0.25) is 5.91 Å². The number of carbonyl (C=O) groups is 1. The zero-order chi connectivity index (χ0) is 13.9. The molecule has 1 aliphatic rings. The van der Waals surface area contributed by atoms with Gasteiger partial charge in [-0.1, -0.05) is 36.4 Å². The van der Waals surface area contributed by atoms with Gasteiger partial charge in [-0.05, 0) is 17.7 Å². The molecule has 1 aliphatic heterocycles. The summed E-state index contributed by atoms with van der Waals surface area (Å²) < 4.78 is 0. The summed E-state index contributed by atoms with van der Waals surface area (Å²) in [6, 6.07) is 14.0. The predicted octanol–water partition coefficient (Wildman–Crippen LogP) is 3.29. The van der Waals surface area contributed by atoms with Crippen LogP contribution < -0.4 is 4.90 Å². The van der Waals surface area contributed by atoms with Gasteiger partial charge in [-0.25, -0.2) is 4.98 Å². The first-order valence-corrected chi connectivity index (χ1v) is 6.72. The van der Waals surface area contributed by atoms with E-state index in [9.17, 15) is 4.79 Å². The second-order valence-electron chi connectivity index (χ2n) is 4.98. The third kappa shape index (κ3) is 2.35. The molecular formula is C17H16N2O. The summed E-state index contributed by atoms with van der Waals surface area (Å²) in [5, 5.41) is 0. The van der Waals surface area contributed by atoms with Gasteiger partial charge in [0.1, 0.15) is 5.82 Å². The molecule has 100 valence electrons. The number of aromatic nitrogens is 1. The summed E-state index contributed by atoms with van der Waals surface area (Å²) in [6.07, 6.45) is 4.20. The summed E-state index contributed by atoms with van der Waals surface area (Å²) in [7, 11) is 0. The van der Waals surface area contributed by atoms with Crippen LogP contribution in [0.1, 0.15) is 6.42 Å². The van der Waals surface area contributed by atoms with E-state index in [1.807, 2.05) is 54.7 Å². The number of nitrogens with zero attached hydrogens (tertiary/aromatic N) is 2. The third-order valence-electron chi connectivity index (χ3n) is 3.62. The molecule has 1 unspecified atom stereocenters. The molecule has 1 saturated heterocycles. The number of hydrogen-bond acceptors (Lipinski definition) is 2. The van der Waals surface area contributed by atoms with E-state index >= 15 is 0 Å². The Balaban J connectivity index is 1.83. The van der Waals surface area contributed by atoms with Gasteiger partial charge in [-0.3, -0.25) is 9.69 Å². The first-order chi connectivity index (χ1) is 9.78. The molecule has 0 aliphatic carbocycles. The van der Waals surface area contributed by atoms with E-state index in [0.717, 1.165) is 16.9 Å². The van der Waals surface area contributed by atoms with Crippen molar-refractivity contribution in [1.82, 2.24) is 4.98 Å². The molecule has 2 aromatic rings. The van der Waals surface area contributed by atoms with Crippen LogP contribution in [0.15, 0.2) is 61.3 Å². The van der Waals surface area contributed by atoms with Crippen LogP contribution in [-0.2, 0) is 4.79 Å². The van der Waals surface area contributed by atoms with Gasteiger partial charge in [0.25, 0.3) is 0 Å². The lowest BCUT2D eigenvalue weighted by molar-refractivity contribution is -0.117. The van der Waals surface area contributed by atoms with E-state index in [2.05, 4.69) is 11.6 Å². The van der Waals surface area contributed by atoms with Crippen molar-refractivity contribution in [2.75, 3.05) is 11.4 Å². The maximum Gasteiger partial charge on any atom is 0.228 e. The van der Waals surface area contributed by atoms with Gasteiger partial charge in [-0.15, -0.1) is 6.58 Å². The summed E-state index contributed by atoms with van der Waals surface area (Å²) in [5.41, 5.74) is 2.18. The number of benzene rings is 1. The van der Waals surface area contributed by atoms with Crippen LogP contribution in [0.3, 0.4) is 0 Å². The average Bonchev–Trinajstić information content (AvgIpc) is 2.89. The van der Waals surface area contributed by atoms with Crippen molar-refractivity contribution >= 4 is 11.7 Å². The van der Waals surface area contributed by atoms with E-state index in [4.69, 9.17) is 0 Å². The number of carbonyl (C=O) groups excluding carboxylic acids is 1. The Hall–Kier alpha value is -2.42. The largest absolute Gasteiger partial charge is 0.296 e. The predicted molar refractivity (Wildman–Crippen MR) is 80.3 cm³/mol. The standard InChI is InChI=1S/C17H16N2O/c1-2-13-10-17(20)19(12-13)16-9-8-15(11-18-16)14-6-4-3-5-7-14/h2-9,11,13H,1,10,12H2. The van der Waals surface area contributed by atoms with Gasteiger partial charge in [-0.2, -0.15) is 0 Å². The van der Waals surface area contributed by atoms with Crippen LogP contribution in [0.25, 0.3) is 11.1 Å². The average molecular weight is 264 g/mol. The molecule has 2 heterocycles. The van der Waals surface area contributed by atoms with Crippen molar-refractivity contribution in [3.63, 3.8) is 0 Å². The summed E-state index contributed by atoms with van der Waals surface area (Å²) in [4.78, 5) is 18.1. The van der Waals surface area contributed by atoms with Crippen molar-refractivity contribution in [2.24, 2.45) is 5.92 Å². The van der Waals surface area contributed by atoms with Crippen LogP contribution >= 0.6 is 0 Å². The van der Waals surface area contributed by atoms with Gasteiger partial charge < -0.3 is 0 Å². The minimum atomic E-state index is 0.120. The smallest absolute Gasteiger partial charge is 0.228 e. The molecule has 1 aromatic heterocycles. The summed E-state index contributed by atoms with van der Waals surface area (Å²) in [6.45, 7) is 4.44. The normalized spacial score (nSPS) is 18.3. The molecule has 20 heavy (non-hydrogen) atoms. The van der Waals surface area contributed by atoms with Gasteiger partial charge in [0.15, 0.2) is 0 Å². The van der Waals surface area contributed by atoms with Crippen LogP contribution in [0.5, 0.6) is 0 Å².